The number of benzene rings is 3. The van der Waals surface area contributed by atoms with Crippen molar-refractivity contribution in [2.75, 3.05) is 4.90 Å². The summed E-state index contributed by atoms with van der Waals surface area (Å²) in [6, 6.07) is 29.7. The van der Waals surface area contributed by atoms with Crippen LogP contribution >= 0.6 is 0 Å². The standard InChI is InChI=1S/C44H58N2Si/c1-30-31(2)42(47(8,9)46(43(3,4)5)34-23-17-12-18-24-34)39-28-38-36-26-25-35(27-40(36)44(6,7)41(38)29-37(30)39)45(32-19-13-10-14-20-32)33-21-15-11-16-22-33/h10-11,13-16,19-22,25-31,34,37,39,42H,12,17-18,23-24H2,1-9H3. The summed E-state index contributed by atoms with van der Waals surface area (Å²) >= 11 is 0. The largest absolute Gasteiger partial charge is 0.316 e. The fourth-order valence-corrected chi connectivity index (χ4v) is 17.2. The second-order valence-corrected chi connectivity index (χ2v) is 21.9. The lowest BCUT2D eigenvalue weighted by Gasteiger charge is -2.56. The van der Waals surface area contributed by atoms with E-state index in [0.29, 0.717) is 17.8 Å². The molecular weight excluding hydrogens is 585 g/mol. The topological polar surface area (TPSA) is 6.48 Å². The van der Waals surface area contributed by atoms with Crippen LogP contribution in [0.5, 0.6) is 0 Å². The molecule has 4 aliphatic rings. The number of para-hydroxylation sites is 2. The second-order valence-electron chi connectivity index (χ2n) is 17.4. The second kappa shape index (κ2) is 11.9. The van der Waals surface area contributed by atoms with Crippen molar-refractivity contribution in [1.82, 2.24) is 4.57 Å². The highest BCUT2D eigenvalue weighted by Crippen LogP contribution is 2.63. The molecule has 0 N–H and O–H groups in total. The highest BCUT2D eigenvalue weighted by molar-refractivity contribution is 6.76. The number of rotatable bonds is 6. The van der Waals surface area contributed by atoms with Crippen LogP contribution in [0.25, 0.3) is 5.57 Å². The van der Waals surface area contributed by atoms with Crippen molar-refractivity contribution >= 4 is 30.9 Å². The molecule has 0 aromatic heterocycles. The Morgan fingerprint density at radius 1 is 0.702 bits per heavy atom. The lowest BCUT2D eigenvalue weighted by atomic mass is 9.75. The normalized spacial score (nSPS) is 27.1. The van der Waals surface area contributed by atoms with Crippen LogP contribution < -0.4 is 4.90 Å². The Balaban J connectivity index is 1.31. The molecule has 0 saturated heterocycles. The summed E-state index contributed by atoms with van der Waals surface area (Å²) in [6.45, 7) is 23.2. The average molecular weight is 643 g/mol. The Kier molecular flexibility index (Phi) is 8.28. The van der Waals surface area contributed by atoms with E-state index in [0.717, 1.165) is 17.5 Å². The molecule has 0 amide bonds. The smallest absolute Gasteiger partial charge is 0.127 e. The predicted molar refractivity (Wildman–Crippen MR) is 205 cm³/mol. The van der Waals surface area contributed by atoms with Crippen LogP contribution in [0.15, 0.2) is 96.6 Å². The Morgan fingerprint density at radius 3 is 1.87 bits per heavy atom. The summed E-state index contributed by atoms with van der Waals surface area (Å²) in [4.78, 5) is 2.41. The highest BCUT2D eigenvalue weighted by Gasteiger charge is 2.58. The molecule has 7 rings (SSSR count). The third-order valence-electron chi connectivity index (χ3n) is 12.9. The van der Waals surface area contributed by atoms with Gasteiger partial charge in [-0.15, -0.1) is 0 Å². The maximum absolute atomic E-state index is 3.13. The van der Waals surface area contributed by atoms with Gasteiger partial charge in [-0.25, -0.2) is 0 Å². The first kappa shape index (κ1) is 32.7. The monoisotopic (exact) mass is 642 g/mol. The van der Waals surface area contributed by atoms with Gasteiger partial charge in [-0.3, -0.25) is 0 Å². The fourth-order valence-electron chi connectivity index (χ4n) is 11.1. The summed E-state index contributed by atoms with van der Waals surface area (Å²) in [6.07, 6.45) is 12.6. The zero-order valence-electron chi connectivity index (χ0n) is 30.6. The molecule has 3 aromatic rings. The zero-order valence-corrected chi connectivity index (χ0v) is 31.6. The van der Waals surface area contributed by atoms with E-state index < -0.39 is 8.24 Å². The van der Waals surface area contributed by atoms with Gasteiger partial charge in [0.2, 0.25) is 0 Å². The Hall–Kier alpha value is -2.88. The fraction of sp³-hybridized carbons (Fsp3) is 0.500. The first-order valence-corrected chi connectivity index (χ1v) is 21.6. The minimum Gasteiger partial charge on any atom is -0.316 e. The van der Waals surface area contributed by atoms with Crippen molar-refractivity contribution in [3.63, 3.8) is 0 Å². The molecule has 0 radical (unpaired) electrons. The number of hydrogen-bond donors (Lipinski definition) is 0. The Bertz CT molecular complexity index is 1610. The van der Waals surface area contributed by atoms with Gasteiger partial charge >= 0.3 is 0 Å². The van der Waals surface area contributed by atoms with Crippen LogP contribution in [0.4, 0.5) is 17.1 Å². The van der Waals surface area contributed by atoms with Crippen LogP contribution in [0.1, 0.15) is 91.7 Å². The minimum absolute atomic E-state index is 0.0330. The molecule has 4 aliphatic carbocycles. The van der Waals surface area contributed by atoms with Gasteiger partial charge in [-0.05, 0) is 121 Å². The van der Waals surface area contributed by atoms with Crippen LogP contribution in [0, 0.1) is 23.7 Å². The van der Waals surface area contributed by atoms with Gasteiger partial charge in [-0.1, -0.05) is 115 Å². The van der Waals surface area contributed by atoms with Gasteiger partial charge in [-0.2, -0.15) is 0 Å². The number of hydrogen-bond acceptors (Lipinski definition) is 2. The van der Waals surface area contributed by atoms with E-state index in [2.05, 4.69) is 162 Å². The molecule has 2 saturated carbocycles. The predicted octanol–water partition coefficient (Wildman–Crippen LogP) is 12.3. The average Bonchev–Trinajstić information content (AvgIpc) is 3.42. The lowest BCUT2D eigenvalue weighted by molar-refractivity contribution is 0.138. The summed E-state index contributed by atoms with van der Waals surface area (Å²) in [7, 11) is -1.85. The van der Waals surface area contributed by atoms with E-state index in [1.54, 1.807) is 5.57 Å². The van der Waals surface area contributed by atoms with E-state index in [-0.39, 0.29) is 11.0 Å². The number of nitrogens with zero attached hydrogens (tertiary/aromatic N) is 2. The van der Waals surface area contributed by atoms with Crippen molar-refractivity contribution in [3.05, 3.63) is 108 Å². The summed E-state index contributed by atoms with van der Waals surface area (Å²) in [5, 5.41) is 0. The maximum Gasteiger partial charge on any atom is 0.127 e. The van der Waals surface area contributed by atoms with Crippen molar-refractivity contribution in [2.45, 2.75) is 116 Å². The molecule has 0 bridgehead atoms. The Labute approximate surface area is 287 Å². The third-order valence-corrected chi connectivity index (χ3v) is 17.7. The molecule has 3 heteroatoms. The van der Waals surface area contributed by atoms with Crippen molar-refractivity contribution in [1.29, 1.82) is 0 Å². The minimum atomic E-state index is -1.85. The molecule has 0 aliphatic heterocycles. The van der Waals surface area contributed by atoms with Gasteiger partial charge in [0, 0.05) is 34.1 Å². The van der Waals surface area contributed by atoms with Crippen LogP contribution in [0.2, 0.25) is 18.6 Å². The van der Waals surface area contributed by atoms with Gasteiger partial charge < -0.3 is 9.47 Å². The molecule has 0 spiro atoms. The first-order chi connectivity index (χ1) is 22.3. The maximum atomic E-state index is 3.13. The molecule has 2 fully saturated rings. The Morgan fingerprint density at radius 2 is 1.30 bits per heavy atom. The van der Waals surface area contributed by atoms with Crippen LogP contribution in [-0.4, -0.2) is 24.4 Å². The van der Waals surface area contributed by atoms with E-state index in [1.165, 1.54) is 65.9 Å². The number of allylic oxidation sites excluding steroid dienone is 4. The molecule has 47 heavy (non-hydrogen) atoms. The highest BCUT2D eigenvalue weighted by atomic mass is 28.3. The van der Waals surface area contributed by atoms with Crippen molar-refractivity contribution in [3.8, 4) is 0 Å². The zero-order chi connectivity index (χ0) is 33.3. The quantitative estimate of drug-likeness (QED) is 0.247. The molecule has 5 unspecified atom stereocenters. The molecule has 248 valence electrons. The molecule has 5 atom stereocenters. The van der Waals surface area contributed by atoms with E-state index in [4.69, 9.17) is 0 Å². The van der Waals surface area contributed by atoms with E-state index in [1.807, 2.05) is 0 Å². The SMILES string of the molecule is CC1C(C)C([Si](C)(C)N(C2CCCCC2)C(C)(C)C)C2C=C3C(=CC12)C(C)(C)c1cc(N(c2ccccc2)c2ccccc2)ccc13. The molecule has 0 heterocycles. The molecule has 3 aromatic carbocycles. The van der Waals surface area contributed by atoms with Crippen LogP contribution in [0.3, 0.4) is 0 Å². The van der Waals surface area contributed by atoms with Gasteiger partial charge in [0.05, 0.1) is 0 Å². The van der Waals surface area contributed by atoms with Gasteiger partial charge in [0.15, 0.2) is 0 Å². The van der Waals surface area contributed by atoms with Crippen molar-refractivity contribution in [2.24, 2.45) is 23.7 Å². The summed E-state index contributed by atoms with van der Waals surface area (Å²) in [5.74, 6) is 2.65. The van der Waals surface area contributed by atoms with E-state index in [9.17, 15) is 0 Å². The summed E-state index contributed by atoms with van der Waals surface area (Å²) in [5.41, 5.74) is 10.5. The number of fused-ring (bicyclic) bond motifs is 4. The third kappa shape index (κ3) is 5.41. The van der Waals surface area contributed by atoms with Crippen molar-refractivity contribution < 1.29 is 0 Å². The number of anilines is 3. The van der Waals surface area contributed by atoms with E-state index >= 15 is 0 Å². The lowest BCUT2D eigenvalue weighted by Crippen LogP contribution is -2.65. The summed E-state index contributed by atoms with van der Waals surface area (Å²) < 4.78 is 3.13. The molecule has 2 nitrogen and oxygen atoms in total. The van der Waals surface area contributed by atoms with Gasteiger partial charge in [0.25, 0.3) is 0 Å². The van der Waals surface area contributed by atoms with Gasteiger partial charge in [0.1, 0.15) is 8.24 Å². The first-order valence-electron chi connectivity index (χ1n) is 18.6. The van der Waals surface area contributed by atoms with Crippen LogP contribution in [-0.2, 0) is 5.41 Å². The molecular formula is C44H58N2Si.